The summed E-state index contributed by atoms with van der Waals surface area (Å²) in [5.74, 6) is -0.706. The minimum absolute atomic E-state index is 0.0145. The van der Waals surface area contributed by atoms with Gasteiger partial charge in [0, 0.05) is 14.1 Å². The maximum absolute atomic E-state index is 13.3. The molecule has 2 N–H and O–H groups in total. The lowest BCUT2D eigenvalue weighted by Crippen LogP contribution is -2.52. The second-order valence-electron chi connectivity index (χ2n) is 8.77. The van der Waals surface area contributed by atoms with Crippen LogP contribution < -0.4 is 0 Å². The number of rotatable bonds is 5. The fourth-order valence-corrected chi connectivity index (χ4v) is 4.57. The Morgan fingerprint density at radius 2 is 0.946 bits per heavy atom. The normalized spacial score (nSPS) is 19.1. The average Bonchev–Trinajstić information content (AvgIpc) is 3.26. The smallest absolute Gasteiger partial charge is 0.276 e. The summed E-state index contributed by atoms with van der Waals surface area (Å²) in [6, 6.07) is 28.0. The number of hydrogen-bond donors (Lipinski definition) is 2. The van der Waals surface area contributed by atoms with Gasteiger partial charge in [0.2, 0.25) is 0 Å². The first kappa shape index (κ1) is 23.7. The standard InChI is InChI=1S/C29H26N6O2/c1-32-28(36)23(18-20-12-6-3-7-13-20)25(30)34(32)27(22-16-10-5-11-17-22)35-26(31)24(29(37)33(35)2)19-21-14-8-4-9-15-21/h3-19,27,30-31H,1-2H3/b23-18-,24-19-,30-25?,31-26?. The number of benzene rings is 3. The molecule has 0 atom stereocenters. The Kier molecular flexibility index (Phi) is 6.15. The van der Waals surface area contributed by atoms with Crippen LogP contribution in [0.4, 0.5) is 0 Å². The predicted molar refractivity (Wildman–Crippen MR) is 143 cm³/mol. The quantitative estimate of drug-likeness (QED) is 0.525. The molecule has 2 aliphatic rings. The van der Waals surface area contributed by atoms with Crippen molar-refractivity contribution in [1.29, 1.82) is 10.8 Å². The number of carbonyl (C=O) groups is 2. The summed E-state index contributed by atoms with van der Waals surface area (Å²) in [7, 11) is 3.20. The van der Waals surface area contributed by atoms with Crippen molar-refractivity contribution in [2.24, 2.45) is 0 Å². The van der Waals surface area contributed by atoms with Gasteiger partial charge < -0.3 is 0 Å². The van der Waals surface area contributed by atoms with Crippen LogP contribution >= 0.6 is 0 Å². The third-order valence-corrected chi connectivity index (χ3v) is 6.45. The molecule has 8 nitrogen and oxygen atoms in total. The zero-order valence-electron chi connectivity index (χ0n) is 20.5. The van der Waals surface area contributed by atoms with Crippen LogP contribution in [0.25, 0.3) is 12.2 Å². The van der Waals surface area contributed by atoms with E-state index in [-0.39, 0.29) is 34.6 Å². The molecule has 8 heteroatoms. The minimum Gasteiger partial charge on any atom is -0.282 e. The van der Waals surface area contributed by atoms with Gasteiger partial charge in [-0.3, -0.25) is 20.4 Å². The molecule has 2 amide bonds. The van der Waals surface area contributed by atoms with Crippen molar-refractivity contribution in [1.82, 2.24) is 20.0 Å². The lowest BCUT2D eigenvalue weighted by atomic mass is 10.1. The molecule has 0 bridgehead atoms. The van der Waals surface area contributed by atoms with Gasteiger partial charge in [0.05, 0.1) is 11.1 Å². The van der Waals surface area contributed by atoms with Gasteiger partial charge in [0.1, 0.15) is 0 Å². The number of amides is 2. The summed E-state index contributed by atoms with van der Waals surface area (Å²) in [6.45, 7) is 0. The molecule has 5 rings (SSSR count). The second kappa shape index (κ2) is 9.58. The topological polar surface area (TPSA) is 94.8 Å². The summed E-state index contributed by atoms with van der Waals surface area (Å²) in [5, 5.41) is 23.8. The molecule has 0 radical (unpaired) electrons. The van der Waals surface area contributed by atoms with Crippen molar-refractivity contribution in [3.63, 3.8) is 0 Å². The molecule has 0 aliphatic carbocycles. The molecule has 2 saturated heterocycles. The van der Waals surface area contributed by atoms with Gasteiger partial charge in [-0.15, -0.1) is 0 Å². The van der Waals surface area contributed by atoms with Gasteiger partial charge in [-0.2, -0.15) is 0 Å². The highest BCUT2D eigenvalue weighted by Crippen LogP contribution is 2.37. The van der Waals surface area contributed by atoms with E-state index >= 15 is 0 Å². The van der Waals surface area contributed by atoms with Crippen LogP contribution in [0.3, 0.4) is 0 Å². The van der Waals surface area contributed by atoms with Gasteiger partial charge in [0.25, 0.3) is 11.8 Å². The Bertz CT molecular complexity index is 1340. The molecular weight excluding hydrogens is 464 g/mol. The lowest BCUT2D eigenvalue weighted by Gasteiger charge is -2.41. The average molecular weight is 491 g/mol. The molecule has 2 heterocycles. The van der Waals surface area contributed by atoms with E-state index in [0.717, 1.165) is 16.7 Å². The highest BCUT2D eigenvalue weighted by molar-refractivity contribution is 6.28. The molecule has 0 spiro atoms. The molecule has 0 saturated carbocycles. The van der Waals surface area contributed by atoms with Crippen LogP contribution in [0.15, 0.2) is 102 Å². The number of hydrazine groups is 2. The Balaban J connectivity index is 1.60. The van der Waals surface area contributed by atoms with Gasteiger partial charge in [-0.25, -0.2) is 20.0 Å². The fraction of sp³-hybridized carbons (Fsp3) is 0.103. The highest BCUT2D eigenvalue weighted by atomic mass is 16.2. The van der Waals surface area contributed by atoms with Crippen LogP contribution in [0.1, 0.15) is 22.9 Å². The van der Waals surface area contributed by atoms with Crippen molar-refractivity contribution in [3.05, 3.63) is 119 Å². The van der Waals surface area contributed by atoms with Crippen molar-refractivity contribution in [3.8, 4) is 0 Å². The molecule has 2 fully saturated rings. The summed E-state index contributed by atoms with van der Waals surface area (Å²) in [4.78, 5) is 26.7. The number of amidine groups is 2. The van der Waals surface area contributed by atoms with Gasteiger partial charge >= 0.3 is 0 Å². The Labute approximate surface area is 215 Å². The monoisotopic (exact) mass is 490 g/mol. The van der Waals surface area contributed by atoms with Crippen LogP contribution in [0.2, 0.25) is 0 Å². The predicted octanol–water partition coefficient (Wildman–Crippen LogP) is 4.18. The molecule has 3 aromatic carbocycles. The van der Waals surface area contributed by atoms with Gasteiger partial charge in [-0.1, -0.05) is 91.0 Å². The number of likely N-dealkylation sites (N-methyl/N-ethyl adjacent to an activating group) is 2. The molecule has 184 valence electrons. The first-order valence-electron chi connectivity index (χ1n) is 11.8. The zero-order chi connectivity index (χ0) is 26.1. The van der Waals surface area contributed by atoms with E-state index in [1.165, 1.54) is 20.0 Å². The van der Waals surface area contributed by atoms with Gasteiger partial charge in [-0.05, 0) is 28.8 Å². The Morgan fingerprint density at radius 1 is 0.595 bits per heavy atom. The van der Waals surface area contributed by atoms with E-state index in [4.69, 9.17) is 10.8 Å². The lowest BCUT2D eigenvalue weighted by molar-refractivity contribution is -0.148. The first-order chi connectivity index (χ1) is 17.9. The number of nitrogens with zero attached hydrogens (tertiary/aromatic N) is 4. The fourth-order valence-electron chi connectivity index (χ4n) is 4.57. The zero-order valence-corrected chi connectivity index (χ0v) is 20.5. The maximum Gasteiger partial charge on any atom is 0.276 e. The third kappa shape index (κ3) is 4.18. The van der Waals surface area contributed by atoms with Crippen molar-refractivity contribution in [2.75, 3.05) is 14.1 Å². The minimum atomic E-state index is -0.826. The van der Waals surface area contributed by atoms with E-state index in [9.17, 15) is 9.59 Å². The number of carbonyl (C=O) groups excluding carboxylic acids is 2. The molecule has 3 aromatic rings. The molecule has 0 unspecified atom stereocenters. The van der Waals surface area contributed by atoms with Crippen molar-refractivity contribution in [2.45, 2.75) is 6.17 Å². The number of hydrogen-bond acceptors (Lipinski definition) is 4. The number of nitrogens with one attached hydrogen (secondary N) is 2. The summed E-state index contributed by atoms with van der Waals surface area (Å²) < 4.78 is 0. The largest absolute Gasteiger partial charge is 0.282 e. The first-order valence-corrected chi connectivity index (χ1v) is 11.8. The van der Waals surface area contributed by atoms with E-state index < -0.39 is 6.17 Å². The summed E-state index contributed by atoms with van der Waals surface area (Å²) in [5.41, 5.74) is 2.79. The SMILES string of the molecule is CN1C(=O)/C(=C\c2ccccc2)C(=N)N1C(c1ccccc1)N1C(=N)/C(=C/c2ccccc2)C(=O)N1C. The van der Waals surface area contributed by atoms with E-state index in [1.54, 1.807) is 26.2 Å². The third-order valence-electron chi connectivity index (χ3n) is 6.45. The van der Waals surface area contributed by atoms with Crippen LogP contribution in [-0.4, -0.2) is 57.6 Å². The Morgan fingerprint density at radius 3 is 1.32 bits per heavy atom. The van der Waals surface area contributed by atoms with Crippen LogP contribution in [0.5, 0.6) is 0 Å². The van der Waals surface area contributed by atoms with Gasteiger partial charge in [0.15, 0.2) is 17.8 Å². The van der Waals surface area contributed by atoms with Crippen molar-refractivity contribution < 1.29 is 9.59 Å². The molecular formula is C29H26N6O2. The molecule has 2 aliphatic heterocycles. The summed E-state index contributed by atoms with van der Waals surface area (Å²) in [6.07, 6.45) is 2.55. The molecule has 0 aromatic heterocycles. The molecule has 37 heavy (non-hydrogen) atoms. The maximum atomic E-state index is 13.3. The summed E-state index contributed by atoms with van der Waals surface area (Å²) >= 11 is 0. The van der Waals surface area contributed by atoms with Crippen LogP contribution in [0, 0.1) is 10.8 Å². The highest BCUT2D eigenvalue weighted by Gasteiger charge is 2.48. The Hall–Kier alpha value is -4.98. The van der Waals surface area contributed by atoms with E-state index in [1.807, 2.05) is 91.0 Å². The van der Waals surface area contributed by atoms with E-state index in [0.29, 0.717) is 0 Å². The second-order valence-corrected chi connectivity index (χ2v) is 8.77. The van der Waals surface area contributed by atoms with E-state index in [2.05, 4.69) is 0 Å². The van der Waals surface area contributed by atoms with Crippen LogP contribution in [-0.2, 0) is 9.59 Å². The van der Waals surface area contributed by atoms with Crippen molar-refractivity contribution >= 4 is 35.6 Å².